The number of anilines is 1. The van der Waals surface area contributed by atoms with Crippen LogP contribution in [0.3, 0.4) is 0 Å². The lowest BCUT2D eigenvalue weighted by Gasteiger charge is -2.10. The van der Waals surface area contributed by atoms with E-state index < -0.39 is 30.1 Å². The number of para-hydroxylation sites is 1. The van der Waals surface area contributed by atoms with Gasteiger partial charge in [0.25, 0.3) is 0 Å². The van der Waals surface area contributed by atoms with Crippen LogP contribution in [0.4, 0.5) is 28.0 Å². The summed E-state index contributed by atoms with van der Waals surface area (Å²) in [6.45, 7) is -3.37. The van der Waals surface area contributed by atoms with Crippen LogP contribution < -0.4 is 14.8 Å². The molecule has 0 fully saturated rings. The molecule has 0 saturated carbocycles. The second-order valence-corrected chi connectivity index (χ2v) is 3.98. The van der Waals surface area contributed by atoms with Crippen LogP contribution in [0, 0.1) is 11.6 Å². The van der Waals surface area contributed by atoms with Gasteiger partial charge in [-0.1, -0.05) is 18.2 Å². The molecule has 0 radical (unpaired) electrons. The van der Waals surface area contributed by atoms with Crippen molar-refractivity contribution in [2.24, 2.45) is 0 Å². The van der Waals surface area contributed by atoms with E-state index in [1.165, 1.54) is 12.1 Å². The number of carbonyl (C=O) groups is 1. The Bertz CT molecular complexity index is 641. The summed E-state index contributed by atoms with van der Waals surface area (Å²) in [6, 6.07) is 9.22. The van der Waals surface area contributed by atoms with Crippen molar-refractivity contribution in [1.82, 2.24) is 0 Å². The van der Waals surface area contributed by atoms with Crippen molar-refractivity contribution in [1.29, 1.82) is 0 Å². The fraction of sp³-hybridized carbons (Fsp3) is 0.0714. The molecule has 2 aromatic rings. The molecule has 0 aliphatic carbocycles. The molecule has 0 aromatic heterocycles. The number of rotatable bonds is 4. The Kier molecular flexibility index (Phi) is 4.82. The highest BCUT2D eigenvalue weighted by molar-refractivity contribution is 5.86. The summed E-state index contributed by atoms with van der Waals surface area (Å²) in [6.07, 6.45) is -0.993. The zero-order valence-electron chi connectivity index (χ0n) is 10.9. The molecule has 2 aromatic carbocycles. The number of halogens is 4. The fourth-order valence-electron chi connectivity index (χ4n) is 1.57. The summed E-state index contributed by atoms with van der Waals surface area (Å²) in [7, 11) is 0. The predicted molar refractivity (Wildman–Crippen MR) is 69.1 cm³/mol. The van der Waals surface area contributed by atoms with Crippen LogP contribution in [-0.4, -0.2) is 12.7 Å². The largest absolute Gasteiger partial charge is 0.429 e. The second-order valence-electron chi connectivity index (χ2n) is 3.98. The van der Waals surface area contributed by atoms with Gasteiger partial charge in [0, 0.05) is 12.1 Å². The average molecular weight is 315 g/mol. The number of hydrogen-bond acceptors (Lipinski definition) is 3. The normalized spacial score (nSPS) is 10.4. The fourth-order valence-corrected chi connectivity index (χ4v) is 1.57. The average Bonchev–Trinajstić information content (AvgIpc) is 2.43. The third kappa shape index (κ3) is 4.11. The van der Waals surface area contributed by atoms with Crippen molar-refractivity contribution >= 4 is 11.8 Å². The van der Waals surface area contributed by atoms with Crippen LogP contribution in [0.25, 0.3) is 0 Å². The van der Waals surface area contributed by atoms with Gasteiger partial charge in [0.15, 0.2) is 17.4 Å². The molecule has 2 rings (SSSR count). The zero-order valence-corrected chi connectivity index (χ0v) is 10.9. The number of alkyl halides is 2. The van der Waals surface area contributed by atoms with E-state index in [1.807, 2.05) is 0 Å². The quantitative estimate of drug-likeness (QED) is 0.861. The van der Waals surface area contributed by atoms with Crippen LogP contribution in [0.15, 0.2) is 42.5 Å². The van der Waals surface area contributed by atoms with Gasteiger partial charge < -0.3 is 9.47 Å². The van der Waals surface area contributed by atoms with Crippen LogP contribution in [-0.2, 0) is 0 Å². The zero-order chi connectivity index (χ0) is 16.1. The van der Waals surface area contributed by atoms with E-state index in [4.69, 9.17) is 4.74 Å². The first-order valence-corrected chi connectivity index (χ1v) is 5.93. The molecule has 116 valence electrons. The number of nitrogens with one attached hydrogen (secondary N) is 1. The first kappa shape index (κ1) is 15.6. The van der Waals surface area contributed by atoms with Gasteiger partial charge in [0.1, 0.15) is 5.75 Å². The van der Waals surface area contributed by atoms with Gasteiger partial charge in [0.2, 0.25) is 0 Å². The maximum Gasteiger partial charge on any atom is 0.417 e. The smallest absolute Gasteiger partial charge is 0.417 e. The molecular weight excluding hydrogens is 306 g/mol. The SMILES string of the molecule is O=C(Nc1cc(F)c(OC(F)F)c(F)c1)Oc1ccccc1. The number of ether oxygens (including phenoxy) is 2. The van der Waals surface area contributed by atoms with Crippen molar-refractivity contribution in [3.8, 4) is 11.5 Å². The number of benzene rings is 2. The first-order chi connectivity index (χ1) is 10.5. The third-order valence-electron chi connectivity index (χ3n) is 2.41. The molecule has 0 spiro atoms. The molecule has 1 N–H and O–H groups in total. The summed E-state index contributed by atoms with van der Waals surface area (Å²) < 4.78 is 59.4. The maximum atomic E-state index is 13.5. The lowest BCUT2D eigenvalue weighted by molar-refractivity contribution is -0.0546. The monoisotopic (exact) mass is 315 g/mol. The molecule has 22 heavy (non-hydrogen) atoms. The molecular formula is C14H9F4NO3. The van der Waals surface area contributed by atoms with Crippen molar-refractivity contribution in [3.63, 3.8) is 0 Å². The van der Waals surface area contributed by atoms with Crippen LogP contribution >= 0.6 is 0 Å². The summed E-state index contributed by atoms with van der Waals surface area (Å²) in [5.41, 5.74) is -0.308. The van der Waals surface area contributed by atoms with Gasteiger partial charge in [-0.2, -0.15) is 8.78 Å². The summed E-state index contributed by atoms with van der Waals surface area (Å²) in [4.78, 5) is 11.5. The molecule has 0 aliphatic rings. The molecule has 4 nitrogen and oxygen atoms in total. The van der Waals surface area contributed by atoms with Crippen molar-refractivity contribution in [3.05, 3.63) is 54.1 Å². The van der Waals surface area contributed by atoms with Gasteiger partial charge in [-0.3, -0.25) is 5.32 Å². The Labute approximate surface area is 122 Å². The summed E-state index contributed by atoms with van der Waals surface area (Å²) in [5, 5.41) is 2.07. The molecule has 0 atom stereocenters. The van der Waals surface area contributed by atoms with Gasteiger partial charge in [0.05, 0.1) is 5.69 Å². The molecule has 0 aliphatic heterocycles. The molecule has 8 heteroatoms. The third-order valence-corrected chi connectivity index (χ3v) is 2.41. The number of carbonyl (C=O) groups excluding carboxylic acids is 1. The topological polar surface area (TPSA) is 47.6 Å². The minimum atomic E-state index is -3.37. The Morgan fingerprint density at radius 1 is 1.05 bits per heavy atom. The molecule has 0 saturated heterocycles. The van der Waals surface area contributed by atoms with Crippen LogP contribution in [0.1, 0.15) is 0 Å². The Balaban J connectivity index is 2.08. The van der Waals surface area contributed by atoms with Crippen molar-refractivity contribution in [2.75, 3.05) is 5.32 Å². The predicted octanol–water partition coefficient (Wildman–Crippen LogP) is 4.18. The van der Waals surface area contributed by atoms with Gasteiger partial charge >= 0.3 is 12.7 Å². The van der Waals surface area contributed by atoms with E-state index in [2.05, 4.69) is 10.1 Å². The molecule has 1 amide bonds. The number of hydrogen-bond donors (Lipinski definition) is 1. The highest BCUT2D eigenvalue weighted by atomic mass is 19.3. The Morgan fingerprint density at radius 2 is 1.64 bits per heavy atom. The molecule has 0 unspecified atom stereocenters. The standard InChI is InChI=1S/C14H9F4NO3/c15-10-6-8(7-11(16)12(10)22-13(17)18)19-14(20)21-9-4-2-1-3-5-9/h1-7,13H,(H,19,20). The lowest BCUT2D eigenvalue weighted by atomic mass is 10.2. The van der Waals surface area contributed by atoms with Crippen molar-refractivity contribution in [2.45, 2.75) is 6.61 Å². The maximum absolute atomic E-state index is 13.5. The summed E-state index contributed by atoms with van der Waals surface area (Å²) in [5.74, 6) is -3.76. The first-order valence-electron chi connectivity index (χ1n) is 5.93. The lowest BCUT2D eigenvalue weighted by Crippen LogP contribution is -2.17. The van der Waals surface area contributed by atoms with E-state index in [9.17, 15) is 22.4 Å². The minimum Gasteiger partial charge on any atom is -0.429 e. The summed E-state index contributed by atoms with van der Waals surface area (Å²) >= 11 is 0. The van der Waals surface area contributed by atoms with Crippen molar-refractivity contribution < 1.29 is 31.8 Å². The Morgan fingerprint density at radius 3 is 2.18 bits per heavy atom. The van der Waals surface area contributed by atoms with E-state index >= 15 is 0 Å². The van der Waals surface area contributed by atoms with E-state index in [0.29, 0.717) is 12.1 Å². The van der Waals surface area contributed by atoms with Crippen LogP contribution in [0.2, 0.25) is 0 Å². The highest BCUT2D eigenvalue weighted by Crippen LogP contribution is 2.27. The van der Waals surface area contributed by atoms with Crippen LogP contribution in [0.5, 0.6) is 11.5 Å². The Hall–Kier alpha value is -2.77. The highest BCUT2D eigenvalue weighted by Gasteiger charge is 2.18. The van der Waals surface area contributed by atoms with E-state index in [1.54, 1.807) is 18.2 Å². The van der Waals surface area contributed by atoms with E-state index in [-0.39, 0.29) is 11.4 Å². The van der Waals surface area contributed by atoms with Gasteiger partial charge in [-0.15, -0.1) is 0 Å². The van der Waals surface area contributed by atoms with Gasteiger partial charge in [-0.05, 0) is 12.1 Å². The molecule has 0 bridgehead atoms. The second kappa shape index (κ2) is 6.79. The van der Waals surface area contributed by atoms with E-state index in [0.717, 1.165) is 0 Å². The minimum absolute atomic E-state index is 0.221. The molecule has 0 heterocycles. The number of amides is 1. The van der Waals surface area contributed by atoms with Gasteiger partial charge in [-0.25, -0.2) is 13.6 Å².